The van der Waals surface area contributed by atoms with Gasteiger partial charge in [0.05, 0.1) is 23.7 Å². The number of aromatic nitrogens is 1. The van der Waals surface area contributed by atoms with Crippen LogP contribution in [-0.4, -0.2) is 16.1 Å². The van der Waals surface area contributed by atoms with Crippen LogP contribution in [0.1, 0.15) is 15.9 Å². The number of carboxylic acid groups (broad SMARTS) is 1. The van der Waals surface area contributed by atoms with Crippen molar-refractivity contribution < 1.29 is 14.3 Å². The van der Waals surface area contributed by atoms with Crippen molar-refractivity contribution in [3.05, 3.63) is 60.1 Å². The molecule has 0 unspecified atom stereocenters. The summed E-state index contributed by atoms with van der Waals surface area (Å²) >= 11 is 0. The van der Waals surface area contributed by atoms with E-state index in [1.54, 1.807) is 6.26 Å². The number of rotatable bonds is 4. The van der Waals surface area contributed by atoms with Crippen LogP contribution in [0.5, 0.6) is 0 Å². The van der Waals surface area contributed by atoms with E-state index in [2.05, 4.69) is 10.3 Å². The highest BCUT2D eigenvalue weighted by atomic mass is 16.4. The fourth-order valence-corrected chi connectivity index (χ4v) is 2.08. The molecule has 0 spiro atoms. The van der Waals surface area contributed by atoms with Crippen LogP contribution in [0.25, 0.3) is 11.0 Å². The lowest BCUT2D eigenvalue weighted by Crippen LogP contribution is -2.06. The van der Waals surface area contributed by atoms with Crippen molar-refractivity contribution in [3.63, 3.8) is 0 Å². The lowest BCUT2D eigenvalue weighted by atomic mass is 10.1. The molecule has 1 aromatic carbocycles. The molecule has 0 fully saturated rings. The molecule has 20 heavy (non-hydrogen) atoms. The summed E-state index contributed by atoms with van der Waals surface area (Å²) in [5.74, 6) is -0.980. The Bertz CT molecular complexity index is 764. The van der Waals surface area contributed by atoms with Gasteiger partial charge in [0.2, 0.25) is 0 Å². The first-order valence-electron chi connectivity index (χ1n) is 6.12. The van der Waals surface area contributed by atoms with Gasteiger partial charge in [0, 0.05) is 23.7 Å². The molecule has 5 heteroatoms. The average molecular weight is 268 g/mol. The smallest absolute Gasteiger partial charge is 0.337 e. The van der Waals surface area contributed by atoms with Crippen LogP contribution in [0.15, 0.2) is 53.4 Å². The predicted molar refractivity (Wildman–Crippen MR) is 74.7 cm³/mol. The topological polar surface area (TPSA) is 75.4 Å². The molecule has 0 saturated heterocycles. The van der Waals surface area contributed by atoms with Crippen molar-refractivity contribution in [1.82, 2.24) is 4.98 Å². The molecular weight excluding hydrogens is 256 g/mol. The van der Waals surface area contributed by atoms with E-state index in [0.717, 1.165) is 16.5 Å². The van der Waals surface area contributed by atoms with Gasteiger partial charge < -0.3 is 14.8 Å². The summed E-state index contributed by atoms with van der Waals surface area (Å²) in [6, 6.07) is 9.18. The number of hydrogen-bond donors (Lipinski definition) is 2. The minimum absolute atomic E-state index is 0.202. The van der Waals surface area contributed by atoms with Gasteiger partial charge in [-0.05, 0) is 12.1 Å². The summed E-state index contributed by atoms with van der Waals surface area (Å²) in [7, 11) is 0. The Labute approximate surface area is 114 Å². The van der Waals surface area contributed by atoms with E-state index in [1.807, 2.05) is 24.3 Å². The number of para-hydroxylation sites is 1. The number of hydrogen-bond acceptors (Lipinski definition) is 4. The third-order valence-electron chi connectivity index (χ3n) is 3.08. The standard InChI is InChI=1S/C15H12N2O3/c18-15(19)12-5-6-16-8-13(12)17-7-10-9-20-14-4-2-1-3-11(10)14/h1-6,8-9,17H,7H2,(H,18,19). The van der Waals surface area contributed by atoms with Gasteiger partial charge in [-0.15, -0.1) is 0 Å². The van der Waals surface area contributed by atoms with Gasteiger partial charge in [0.25, 0.3) is 0 Å². The summed E-state index contributed by atoms with van der Waals surface area (Å²) in [6.07, 6.45) is 4.64. The Morgan fingerprint density at radius 2 is 2.15 bits per heavy atom. The Balaban J connectivity index is 1.85. The minimum Gasteiger partial charge on any atom is -0.478 e. The molecule has 0 atom stereocenters. The number of pyridine rings is 1. The maximum Gasteiger partial charge on any atom is 0.337 e. The predicted octanol–water partition coefficient (Wildman–Crippen LogP) is 3.14. The minimum atomic E-state index is -0.980. The summed E-state index contributed by atoms with van der Waals surface area (Å²) < 4.78 is 5.44. The van der Waals surface area contributed by atoms with Crippen LogP contribution in [0, 0.1) is 0 Å². The van der Waals surface area contributed by atoms with Gasteiger partial charge in [-0.1, -0.05) is 18.2 Å². The van der Waals surface area contributed by atoms with Crippen LogP contribution >= 0.6 is 0 Å². The molecule has 0 aliphatic rings. The van der Waals surface area contributed by atoms with Gasteiger partial charge >= 0.3 is 5.97 Å². The molecule has 0 bridgehead atoms. The Morgan fingerprint density at radius 3 is 3.00 bits per heavy atom. The number of benzene rings is 1. The maximum atomic E-state index is 11.1. The number of anilines is 1. The zero-order valence-electron chi connectivity index (χ0n) is 10.5. The van der Waals surface area contributed by atoms with E-state index in [1.165, 1.54) is 18.5 Å². The van der Waals surface area contributed by atoms with Crippen LogP contribution in [0.2, 0.25) is 0 Å². The zero-order chi connectivity index (χ0) is 13.9. The summed E-state index contributed by atoms with van der Waals surface area (Å²) in [5, 5.41) is 13.2. The highest BCUT2D eigenvalue weighted by Crippen LogP contribution is 2.22. The van der Waals surface area contributed by atoms with Crippen molar-refractivity contribution in [1.29, 1.82) is 0 Å². The quantitative estimate of drug-likeness (QED) is 0.760. The van der Waals surface area contributed by atoms with Gasteiger partial charge in [-0.3, -0.25) is 4.98 Å². The van der Waals surface area contributed by atoms with Gasteiger partial charge in [0.1, 0.15) is 5.58 Å². The van der Waals surface area contributed by atoms with Crippen molar-refractivity contribution in [3.8, 4) is 0 Å². The first kappa shape index (κ1) is 12.2. The van der Waals surface area contributed by atoms with E-state index in [-0.39, 0.29) is 5.56 Å². The Morgan fingerprint density at radius 1 is 1.30 bits per heavy atom. The van der Waals surface area contributed by atoms with E-state index in [0.29, 0.717) is 12.2 Å². The summed E-state index contributed by atoms with van der Waals surface area (Å²) in [6.45, 7) is 0.475. The maximum absolute atomic E-state index is 11.1. The van der Waals surface area contributed by atoms with Gasteiger partial charge in [-0.25, -0.2) is 4.79 Å². The number of nitrogens with zero attached hydrogens (tertiary/aromatic N) is 1. The van der Waals surface area contributed by atoms with E-state index in [9.17, 15) is 4.79 Å². The highest BCUT2D eigenvalue weighted by molar-refractivity contribution is 5.93. The van der Waals surface area contributed by atoms with Crippen LogP contribution in [0.4, 0.5) is 5.69 Å². The second kappa shape index (κ2) is 5.05. The highest BCUT2D eigenvalue weighted by Gasteiger charge is 2.10. The van der Waals surface area contributed by atoms with Gasteiger partial charge in [-0.2, -0.15) is 0 Å². The Kier molecular flexibility index (Phi) is 3.09. The molecule has 2 aromatic heterocycles. The second-order valence-corrected chi connectivity index (χ2v) is 4.34. The van der Waals surface area contributed by atoms with E-state index in [4.69, 9.17) is 9.52 Å². The van der Waals surface area contributed by atoms with Crippen molar-refractivity contribution >= 4 is 22.6 Å². The zero-order valence-corrected chi connectivity index (χ0v) is 10.5. The first-order chi connectivity index (χ1) is 9.75. The van der Waals surface area contributed by atoms with Crippen molar-refractivity contribution in [2.75, 3.05) is 5.32 Å². The SMILES string of the molecule is O=C(O)c1ccncc1NCc1coc2ccccc12. The molecule has 2 heterocycles. The molecule has 0 aliphatic carbocycles. The summed E-state index contributed by atoms with van der Waals surface area (Å²) in [5.41, 5.74) is 2.48. The fraction of sp³-hybridized carbons (Fsp3) is 0.0667. The van der Waals surface area contributed by atoms with E-state index < -0.39 is 5.97 Å². The normalized spacial score (nSPS) is 10.6. The lowest BCUT2D eigenvalue weighted by molar-refractivity contribution is 0.0698. The van der Waals surface area contributed by atoms with Crippen LogP contribution < -0.4 is 5.32 Å². The molecule has 100 valence electrons. The molecule has 0 radical (unpaired) electrons. The molecule has 3 rings (SSSR count). The van der Waals surface area contributed by atoms with Crippen LogP contribution in [-0.2, 0) is 6.54 Å². The number of furan rings is 1. The molecular formula is C15H12N2O3. The third-order valence-corrected chi connectivity index (χ3v) is 3.08. The van der Waals surface area contributed by atoms with E-state index >= 15 is 0 Å². The number of carbonyl (C=O) groups is 1. The number of nitrogens with one attached hydrogen (secondary N) is 1. The number of carboxylic acids is 1. The molecule has 0 saturated carbocycles. The molecule has 2 N–H and O–H groups in total. The number of fused-ring (bicyclic) bond motifs is 1. The first-order valence-corrected chi connectivity index (χ1v) is 6.12. The molecule has 5 nitrogen and oxygen atoms in total. The van der Waals surface area contributed by atoms with Crippen LogP contribution in [0.3, 0.4) is 0 Å². The third kappa shape index (κ3) is 2.21. The fourth-order valence-electron chi connectivity index (χ4n) is 2.08. The Hall–Kier alpha value is -2.82. The van der Waals surface area contributed by atoms with Gasteiger partial charge in [0.15, 0.2) is 0 Å². The average Bonchev–Trinajstić information content (AvgIpc) is 2.88. The van der Waals surface area contributed by atoms with Crippen molar-refractivity contribution in [2.24, 2.45) is 0 Å². The number of aromatic carboxylic acids is 1. The molecule has 0 aliphatic heterocycles. The van der Waals surface area contributed by atoms with Crippen molar-refractivity contribution in [2.45, 2.75) is 6.54 Å². The monoisotopic (exact) mass is 268 g/mol. The molecule has 3 aromatic rings. The molecule has 0 amide bonds. The lowest BCUT2D eigenvalue weighted by Gasteiger charge is -2.07. The summed E-state index contributed by atoms with van der Waals surface area (Å²) in [4.78, 5) is 15.0. The second-order valence-electron chi connectivity index (χ2n) is 4.34. The largest absolute Gasteiger partial charge is 0.478 e.